The largest absolute Gasteiger partial charge is 0.461 e. The van der Waals surface area contributed by atoms with Gasteiger partial charge in [0.15, 0.2) is 5.69 Å². The van der Waals surface area contributed by atoms with Crippen LogP contribution in [-0.2, 0) is 29.0 Å². The fourth-order valence-corrected chi connectivity index (χ4v) is 4.46. The molecule has 0 aliphatic carbocycles. The second-order valence-corrected chi connectivity index (χ2v) is 8.07. The molecule has 0 saturated carbocycles. The van der Waals surface area contributed by atoms with Crippen molar-refractivity contribution in [3.05, 3.63) is 88.7 Å². The van der Waals surface area contributed by atoms with Crippen LogP contribution < -0.4 is 0 Å². The molecular formula is C26H31N3O3. The van der Waals surface area contributed by atoms with Gasteiger partial charge in [-0.2, -0.15) is 5.10 Å². The number of fused-ring (bicyclic) bond motifs is 1. The summed E-state index contributed by atoms with van der Waals surface area (Å²) in [5.74, 6) is -0.0852. The minimum atomic E-state index is -0.343. The highest BCUT2D eigenvalue weighted by atomic mass is 16.5. The van der Waals surface area contributed by atoms with E-state index in [1.54, 1.807) is 7.11 Å². The van der Waals surface area contributed by atoms with Gasteiger partial charge in [-0.15, -0.1) is 0 Å². The molecule has 0 saturated heterocycles. The van der Waals surface area contributed by atoms with Crippen molar-refractivity contribution < 1.29 is 14.3 Å². The lowest BCUT2D eigenvalue weighted by molar-refractivity contribution is 0.0515. The number of carbonyl (C=O) groups is 1. The van der Waals surface area contributed by atoms with E-state index in [-0.39, 0.29) is 11.9 Å². The molecule has 168 valence electrons. The molecule has 0 N–H and O–H groups in total. The average Bonchev–Trinajstić information content (AvgIpc) is 3.20. The van der Waals surface area contributed by atoms with Crippen molar-refractivity contribution in [1.29, 1.82) is 0 Å². The molecule has 0 spiro atoms. The quantitative estimate of drug-likeness (QED) is 0.479. The van der Waals surface area contributed by atoms with Crippen molar-refractivity contribution in [3.8, 4) is 0 Å². The molecule has 0 atom stereocenters. The van der Waals surface area contributed by atoms with Crippen LogP contribution >= 0.6 is 0 Å². The summed E-state index contributed by atoms with van der Waals surface area (Å²) in [6.07, 6.45) is 0.849. The first kappa shape index (κ1) is 22.2. The van der Waals surface area contributed by atoms with Crippen LogP contribution in [0.4, 0.5) is 0 Å². The molecule has 6 heteroatoms. The first-order valence-electron chi connectivity index (χ1n) is 11.3. The highest BCUT2D eigenvalue weighted by molar-refractivity contribution is 5.89. The topological polar surface area (TPSA) is 56.6 Å². The molecule has 0 unspecified atom stereocenters. The van der Waals surface area contributed by atoms with Crippen LogP contribution in [0.1, 0.15) is 45.7 Å². The molecule has 0 amide bonds. The Balaban J connectivity index is 1.61. The van der Waals surface area contributed by atoms with Crippen molar-refractivity contribution in [3.63, 3.8) is 0 Å². The van der Waals surface area contributed by atoms with Crippen molar-refractivity contribution in [2.45, 2.75) is 32.4 Å². The van der Waals surface area contributed by atoms with Crippen LogP contribution in [0, 0.1) is 0 Å². The highest BCUT2D eigenvalue weighted by Crippen LogP contribution is 2.29. The molecule has 0 fully saturated rings. The van der Waals surface area contributed by atoms with E-state index in [1.165, 1.54) is 11.1 Å². The minimum absolute atomic E-state index is 0.258. The summed E-state index contributed by atoms with van der Waals surface area (Å²) < 4.78 is 12.5. The van der Waals surface area contributed by atoms with Gasteiger partial charge < -0.3 is 9.47 Å². The van der Waals surface area contributed by atoms with E-state index in [0.29, 0.717) is 32.0 Å². The zero-order chi connectivity index (χ0) is 22.3. The number of rotatable bonds is 9. The molecule has 1 aliphatic rings. The average molecular weight is 434 g/mol. The number of benzene rings is 2. The zero-order valence-electron chi connectivity index (χ0n) is 18.9. The molecule has 0 bridgehead atoms. The molecule has 6 nitrogen and oxygen atoms in total. The Morgan fingerprint density at radius 2 is 1.72 bits per heavy atom. The number of nitrogens with zero attached hydrogens (tertiary/aromatic N) is 3. The van der Waals surface area contributed by atoms with E-state index in [1.807, 2.05) is 11.6 Å². The molecule has 32 heavy (non-hydrogen) atoms. The van der Waals surface area contributed by atoms with Gasteiger partial charge in [0.05, 0.1) is 19.8 Å². The molecule has 2 aromatic carbocycles. The maximum Gasteiger partial charge on any atom is 0.359 e. The lowest BCUT2D eigenvalue weighted by atomic mass is 9.90. The number of hydrogen-bond donors (Lipinski definition) is 0. The molecule has 4 rings (SSSR count). The molecule has 1 aromatic heterocycles. The number of esters is 1. The smallest absolute Gasteiger partial charge is 0.359 e. The Labute approximate surface area is 189 Å². The van der Waals surface area contributed by atoms with Gasteiger partial charge in [-0.05, 0) is 18.1 Å². The van der Waals surface area contributed by atoms with Gasteiger partial charge in [0.2, 0.25) is 0 Å². The van der Waals surface area contributed by atoms with E-state index < -0.39 is 0 Å². The second kappa shape index (κ2) is 10.6. The van der Waals surface area contributed by atoms with E-state index in [9.17, 15) is 4.79 Å². The Morgan fingerprint density at radius 3 is 2.31 bits per heavy atom. The van der Waals surface area contributed by atoms with Gasteiger partial charge in [-0.25, -0.2) is 4.79 Å². The van der Waals surface area contributed by atoms with Crippen LogP contribution in [0.2, 0.25) is 0 Å². The zero-order valence-corrected chi connectivity index (χ0v) is 18.9. The second-order valence-electron chi connectivity index (χ2n) is 8.07. The molecule has 1 aliphatic heterocycles. The van der Waals surface area contributed by atoms with Gasteiger partial charge in [0.25, 0.3) is 0 Å². The summed E-state index contributed by atoms with van der Waals surface area (Å²) in [5, 5.41) is 4.61. The SMILES string of the molecule is CCOC(=O)c1nn(CCOC)c2c1CN(CC(c1ccccc1)c1ccccc1)CC2. The monoisotopic (exact) mass is 433 g/mol. The number of aromatic nitrogens is 2. The van der Waals surface area contributed by atoms with E-state index in [4.69, 9.17) is 9.47 Å². The van der Waals surface area contributed by atoms with Crippen molar-refractivity contribution >= 4 is 5.97 Å². The first-order valence-corrected chi connectivity index (χ1v) is 11.3. The summed E-state index contributed by atoms with van der Waals surface area (Å²) in [6, 6.07) is 21.3. The van der Waals surface area contributed by atoms with Crippen molar-refractivity contribution in [2.75, 3.05) is 33.4 Å². The van der Waals surface area contributed by atoms with Crippen LogP contribution in [-0.4, -0.2) is 54.1 Å². The third kappa shape index (κ3) is 4.92. The van der Waals surface area contributed by atoms with Gasteiger partial charge >= 0.3 is 5.97 Å². The normalized spacial score (nSPS) is 13.8. The lowest BCUT2D eigenvalue weighted by Gasteiger charge is -2.31. The number of methoxy groups -OCH3 is 1. The number of carbonyl (C=O) groups excluding carboxylic acids is 1. The molecular weight excluding hydrogens is 402 g/mol. The Morgan fingerprint density at radius 1 is 1.06 bits per heavy atom. The van der Waals surface area contributed by atoms with Crippen LogP contribution in [0.5, 0.6) is 0 Å². The summed E-state index contributed by atoms with van der Waals surface area (Å²) in [4.78, 5) is 15.1. The maximum atomic E-state index is 12.6. The van der Waals surface area contributed by atoms with Crippen molar-refractivity contribution in [2.24, 2.45) is 0 Å². The molecule has 3 aromatic rings. The van der Waals surface area contributed by atoms with Gasteiger partial charge in [-0.1, -0.05) is 60.7 Å². The lowest BCUT2D eigenvalue weighted by Crippen LogP contribution is -2.35. The molecule has 0 radical (unpaired) electrons. The highest BCUT2D eigenvalue weighted by Gasteiger charge is 2.30. The standard InChI is InChI=1S/C26H31N3O3/c1-3-32-26(30)25-23-19-28(15-14-24(23)29(27-25)16-17-31-2)18-22(20-10-6-4-7-11-20)21-12-8-5-9-13-21/h4-13,22H,3,14-19H2,1-2H3. The molecule has 2 heterocycles. The van der Waals surface area contributed by atoms with E-state index >= 15 is 0 Å². The minimum Gasteiger partial charge on any atom is -0.461 e. The number of ether oxygens (including phenoxy) is 2. The van der Waals surface area contributed by atoms with Gasteiger partial charge in [-0.3, -0.25) is 9.58 Å². The summed E-state index contributed by atoms with van der Waals surface area (Å²) in [6.45, 7) is 5.84. The Hall–Kier alpha value is -2.96. The Bertz CT molecular complexity index is 978. The van der Waals surface area contributed by atoms with Crippen LogP contribution in [0.25, 0.3) is 0 Å². The maximum absolute atomic E-state index is 12.6. The van der Waals surface area contributed by atoms with E-state index in [0.717, 1.165) is 30.8 Å². The van der Waals surface area contributed by atoms with Crippen LogP contribution in [0.15, 0.2) is 60.7 Å². The Kier molecular flexibility index (Phi) is 7.35. The summed E-state index contributed by atoms with van der Waals surface area (Å²) in [7, 11) is 1.68. The van der Waals surface area contributed by atoms with Crippen molar-refractivity contribution in [1.82, 2.24) is 14.7 Å². The fraction of sp³-hybridized carbons (Fsp3) is 0.385. The first-order chi connectivity index (χ1) is 15.7. The fourth-order valence-electron chi connectivity index (χ4n) is 4.46. The van der Waals surface area contributed by atoms with Gasteiger partial charge in [0.1, 0.15) is 0 Å². The van der Waals surface area contributed by atoms with Gasteiger partial charge in [0, 0.05) is 50.3 Å². The predicted octanol–water partition coefficient (Wildman–Crippen LogP) is 3.90. The third-order valence-corrected chi connectivity index (χ3v) is 6.03. The summed E-state index contributed by atoms with van der Waals surface area (Å²) in [5.41, 5.74) is 5.15. The predicted molar refractivity (Wildman–Crippen MR) is 124 cm³/mol. The third-order valence-electron chi connectivity index (χ3n) is 6.03. The van der Waals surface area contributed by atoms with E-state index in [2.05, 4.69) is 70.7 Å². The number of hydrogen-bond acceptors (Lipinski definition) is 5. The van der Waals surface area contributed by atoms with Crippen LogP contribution in [0.3, 0.4) is 0 Å². The summed E-state index contributed by atoms with van der Waals surface area (Å²) >= 11 is 0.